The van der Waals surface area contributed by atoms with Gasteiger partial charge in [0.25, 0.3) is 5.56 Å². The number of aromatic nitrogens is 2. The third kappa shape index (κ3) is 2.61. The maximum absolute atomic E-state index is 11.8. The summed E-state index contributed by atoms with van der Waals surface area (Å²) in [6, 6.07) is 5.05. The van der Waals surface area contributed by atoms with E-state index in [4.69, 9.17) is 21.1 Å². The van der Waals surface area contributed by atoms with Crippen LogP contribution in [0.4, 0.5) is 0 Å². The van der Waals surface area contributed by atoms with E-state index in [1.807, 2.05) is 0 Å². The number of methoxy groups -OCH3 is 2. The third-order valence-corrected chi connectivity index (χ3v) is 3.87. The first-order valence-electron chi connectivity index (χ1n) is 6.66. The lowest BCUT2D eigenvalue weighted by atomic mass is 10.1. The van der Waals surface area contributed by atoms with E-state index >= 15 is 0 Å². The third-order valence-electron chi connectivity index (χ3n) is 3.50. The Morgan fingerprint density at radius 2 is 2.05 bits per heavy atom. The SMILES string of the molecule is COc1ccc(-c2nc(C3CC3)cc(=O)[nH]2)c(Cl)c1OC. The summed E-state index contributed by atoms with van der Waals surface area (Å²) in [6.07, 6.45) is 2.16. The minimum atomic E-state index is -0.173. The number of rotatable bonds is 4. The van der Waals surface area contributed by atoms with Crippen LogP contribution in [0.5, 0.6) is 11.5 Å². The van der Waals surface area contributed by atoms with E-state index in [-0.39, 0.29) is 5.56 Å². The van der Waals surface area contributed by atoms with Crippen LogP contribution < -0.4 is 15.0 Å². The van der Waals surface area contributed by atoms with Crippen molar-refractivity contribution in [1.82, 2.24) is 9.97 Å². The summed E-state index contributed by atoms with van der Waals surface area (Å²) in [5.41, 5.74) is 1.27. The number of nitrogens with one attached hydrogen (secondary N) is 1. The molecule has 1 saturated carbocycles. The summed E-state index contributed by atoms with van der Waals surface area (Å²) >= 11 is 6.36. The average molecular weight is 307 g/mol. The van der Waals surface area contributed by atoms with Crippen molar-refractivity contribution in [3.05, 3.63) is 39.3 Å². The van der Waals surface area contributed by atoms with E-state index in [0.29, 0.717) is 33.8 Å². The zero-order chi connectivity index (χ0) is 15.0. The van der Waals surface area contributed by atoms with Gasteiger partial charge in [-0.25, -0.2) is 4.98 Å². The number of ether oxygens (including phenoxy) is 2. The Morgan fingerprint density at radius 3 is 2.67 bits per heavy atom. The van der Waals surface area contributed by atoms with Crippen LogP contribution in [-0.2, 0) is 0 Å². The first-order chi connectivity index (χ1) is 10.1. The van der Waals surface area contributed by atoms with E-state index in [9.17, 15) is 4.79 Å². The van der Waals surface area contributed by atoms with Crippen molar-refractivity contribution in [2.24, 2.45) is 0 Å². The second-order valence-electron chi connectivity index (χ2n) is 4.96. The number of hydrogen-bond acceptors (Lipinski definition) is 4. The van der Waals surface area contributed by atoms with Crippen LogP contribution in [0, 0.1) is 0 Å². The Labute approximate surface area is 126 Å². The van der Waals surface area contributed by atoms with Crippen molar-refractivity contribution in [3.8, 4) is 22.9 Å². The second-order valence-corrected chi connectivity index (χ2v) is 5.33. The van der Waals surface area contributed by atoms with Crippen molar-refractivity contribution < 1.29 is 9.47 Å². The highest BCUT2D eigenvalue weighted by molar-refractivity contribution is 6.35. The maximum atomic E-state index is 11.8. The fourth-order valence-electron chi connectivity index (χ4n) is 2.26. The molecule has 0 saturated heterocycles. The molecule has 1 heterocycles. The molecule has 1 aliphatic rings. The summed E-state index contributed by atoms with van der Waals surface area (Å²) in [5, 5.41) is 0.368. The summed E-state index contributed by atoms with van der Waals surface area (Å²) in [4.78, 5) is 19.1. The lowest BCUT2D eigenvalue weighted by Gasteiger charge is -2.12. The molecule has 0 unspecified atom stereocenters. The zero-order valence-corrected chi connectivity index (χ0v) is 12.5. The lowest BCUT2D eigenvalue weighted by molar-refractivity contribution is 0.355. The Morgan fingerprint density at radius 1 is 1.29 bits per heavy atom. The normalized spacial score (nSPS) is 14.0. The molecule has 1 aromatic carbocycles. The van der Waals surface area contributed by atoms with Gasteiger partial charge in [0.05, 0.1) is 24.9 Å². The smallest absolute Gasteiger partial charge is 0.251 e. The largest absolute Gasteiger partial charge is 0.493 e. The highest BCUT2D eigenvalue weighted by Gasteiger charge is 2.26. The minimum Gasteiger partial charge on any atom is -0.493 e. The number of benzene rings is 1. The van der Waals surface area contributed by atoms with Crippen molar-refractivity contribution >= 4 is 11.6 Å². The summed E-state index contributed by atoms with van der Waals surface area (Å²) in [5.74, 6) is 1.81. The first kappa shape index (κ1) is 13.9. The molecule has 1 aromatic heterocycles. The maximum Gasteiger partial charge on any atom is 0.251 e. The van der Waals surface area contributed by atoms with Crippen LogP contribution in [-0.4, -0.2) is 24.2 Å². The molecular weight excluding hydrogens is 292 g/mol. The molecule has 1 fully saturated rings. The highest BCUT2D eigenvalue weighted by atomic mass is 35.5. The zero-order valence-electron chi connectivity index (χ0n) is 11.8. The predicted octanol–water partition coefficient (Wildman–Crippen LogP) is 2.98. The first-order valence-corrected chi connectivity index (χ1v) is 7.04. The van der Waals surface area contributed by atoms with E-state index in [1.165, 1.54) is 7.11 Å². The number of nitrogens with zero attached hydrogens (tertiary/aromatic N) is 1. The molecule has 0 bridgehead atoms. The van der Waals surface area contributed by atoms with Gasteiger partial charge in [0.1, 0.15) is 5.82 Å². The summed E-state index contributed by atoms with van der Waals surface area (Å²) in [6.45, 7) is 0. The van der Waals surface area contributed by atoms with Gasteiger partial charge >= 0.3 is 0 Å². The minimum absolute atomic E-state index is 0.173. The Kier molecular flexibility index (Phi) is 3.59. The van der Waals surface area contributed by atoms with Crippen molar-refractivity contribution in [2.75, 3.05) is 14.2 Å². The van der Waals surface area contributed by atoms with E-state index in [0.717, 1.165) is 18.5 Å². The molecule has 6 heteroatoms. The van der Waals surface area contributed by atoms with E-state index in [2.05, 4.69) is 9.97 Å². The Bertz CT molecular complexity index is 738. The molecule has 3 rings (SSSR count). The van der Waals surface area contributed by atoms with Crippen LogP contribution >= 0.6 is 11.6 Å². The molecule has 0 spiro atoms. The van der Waals surface area contributed by atoms with Gasteiger partial charge in [0.15, 0.2) is 11.5 Å². The fraction of sp³-hybridized carbons (Fsp3) is 0.333. The van der Waals surface area contributed by atoms with Gasteiger partial charge in [0, 0.05) is 17.5 Å². The Hall–Kier alpha value is -2.01. The van der Waals surface area contributed by atoms with Crippen LogP contribution in [0.25, 0.3) is 11.4 Å². The van der Waals surface area contributed by atoms with Crippen LogP contribution in [0.15, 0.2) is 23.0 Å². The van der Waals surface area contributed by atoms with Crippen LogP contribution in [0.3, 0.4) is 0 Å². The Balaban J connectivity index is 2.14. The molecule has 110 valence electrons. The molecule has 1 N–H and O–H groups in total. The molecule has 2 aromatic rings. The van der Waals surface area contributed by atoms with Gasteiger partial charge in [-0.05, 0) is 25.0 Å². The van der Waals surface area contributed by atoms with Gasteiger partial charge in [0.2, 0.25) is 0 Å². The number of aromatic amines is 1. The standard InChI is InChI=1S/C15H15ClN2O3/c1-20-11-6-5-9(13(16)14(11)21-2)15-17-10(8-3-4-8)7-12(19)18-15/h5-8H,3-4H2,1-2H3,(H,17,18,19). The molecule has 0 amide bonds. The number of hydrogen-bond donors (Lipinski definition) is 1. The van der Waals surface area contributed by atoms with Crippen molar-refractivity contribution in [3.63, 3.8) is 0 Å². The quantitative estimate of drug-likeness (QED) is 0.943. The average Bonchev–Trinajstić information content (AvgIpc) is 3.30. The molecule has 0 radical (unpaired) electrons. The van der Waals surface area contributed by atoms with Crippen molar-refractivity contribution in [1.29, 1.82) is 0 Å². The van der Waals surface area contributed by atoms with Crippen LogP contribution in [0.1, 0.15) is 24.5 Å². The van der Waals surface area contributed by atoms with Crippen LogP contribution in [0.2, 0.25) is 5.02 Å². The van der Waals surface area contributed by atoms with Crippen molar-refractivity contribution in [2.45, 2.75) is 18.8 Å². The fourth-order valence-corrected chi connectivity index (χ4v) is 2.59. The molecule has 1 aliphatic carbocycles. The van der Waals surface area contributed by atoms with Gasteiger partial charge in [-0.1, -0.05) is 11.6 Å². The van der Waals surface area contributed by atoms with Gasteiger partial charge in [-0.3, -0.25) is 4.79 Å². The number of halogens is 1. The lowest BCUT2D eigenvalue weighted by Crippen LogP contribution is -2.10. The highest BCUT2D eigenvalue weighted by Crippen LogP contribution is 2.42. The predicted molar refractivity (Wildman–Crippen MR) is 80.4 cm³/mol. The van der Waals surface area contributed by atoms with Gasteiger partial charge in [-0.15, -0.1) is 0 Å². The molecule has 5 nitrogen and oxygen atoms in total. The molecule has 0 atom stereocenters. The molecular formula is C15H15ClN2O3. The van der Waals surface area contributed by atoms with Gasteiger partial charge in [-0.2, -0.15) is 0 Å². The number of H-pyrrole nitrogens is 1. The second kappa shape index (κ2) is 5.41. The molecule has 0 aliphatic heterocycles. The monoisotopic (exact) mass is 306 g/mol. The topological polar surface area (TPSA) is 64.2 Å². The summed E-state index contributed by atoms with van der Waals surface area (Å²) < 4.78 is 10.5. The van der Waals surface area contributed by atoms with E-state index in [1.54, 1.807) is 25.3 Å². The van der Waals surface area contributed by atoms with E-state index < -0.39 is 0 Å². The molecule has 21 heavy (non-hydrogen) atoms. The van der Waals surface area contributed by atoms with Gasteiger partial charge < -0.3 is 14.5 Å². The summed E-state index contributed by atoms with van der Waals surface area (Å²) in [7, 11) is 3.06.